The van der Waals surface area contributed by atoms with Gasteiger partial charge in [0.05, 0.1) is 35.0 Å². The molecular formula is C23H17ClN4O5. The number of rotatable bonds is 6. The average Bonchev–Trinajstić information content (AvgIpc) is 3.49. The van der Waals surface area contributed by atoms with Gasteiger partial charge in [0.1, 0.15) is 12.0 Å². The predicted octanol–water partition coefficient (Wildman–Crippen LogP) is 4.04. The molecule has 0 bridgehead atoms. The van der Waals surface area contributed by atoms with Crippen LogP contribution < -0.4 is 10.3 Å². The number of aromatic nitrogens is 4. The van der Waals surface area contributed by atoms with Crippen LogP contribution >= 0.6 is 11.6 Å². The summed E-state index contributed by atoms with van der Waals surface area (Å²) in [7, 11) is 0. The van der Waals surface area contributed by atoms with Crippen molar-refractivity contribution in [3.63, 3.8) is 0 Å². The smallest absolute Gasteiger partial charge is 0.341 e. The van der Waals surface area contributed by atoms with Crippen LogP contribution in [0, 0.1) is 0 Å². The van der Waals surface area contributed by atoms with Crippen molar-refractivity contribution in [2.45, 2.75) is 13.5 Å². The summed E-state index contributed by atoms with van der Waals surface area (Å²) in [6.07, 6.45) is 2.68. The van der Waals surface area contributed by atoms with E-state index in [0.717, 1.165) is 0 Å². The highest BCUT2D eigenvalue weighted by atomic mass is 35.5. The van der Waals surface area contributed by atoms with Crippen LogP contribution in [0.5, 0.6) is 5.75 Å². The zero-order valence-corrected chi connectivity index (χ0v) is 18.2. The van der Waals surface area contributed by atoms with Crippen LogP contribution in [0.1, 0.15) is 23.1 Å². The number of carbonyl (C=O) groups is 1. The Morgan fingerprint density at radius 3 is 2.67 bits per heavy atom. The lowest BCUT2D eigenvalue weighted by Crippen LogP contribution is -2.22. The van der Waals surface area contributed by atoms with E-state index in [1.165, 1.54) is 23.2 Å². The van der Waals surface area contributed by atoms with Crippen molar-refractivity contribution >= 4 is 34.3 Å². The summed E-state index contributed by atoms with van der Waals surface area (Å²) in [5.41, 5.74) is 1.08. The second-order valence-electron chi connectivity index (χ2n) is 7.07. The van der Waals surface area contributed by atoms with Crippen LogP contribution in [0.3, 0.4) is 0 Å². The molecule has 0 aliphatic carbocycles. The highest BCUT2D eigenvalue weighted by molar-refractivity contribution is 6.31. The van der Waals surface area contributed by atoms with Crippen molar-refractivity contribution < 1.29 is 18.7 Å². The number of nitrogens with zero attached hydrogens (tertiary/aromatic N) is 4. The van der Waals surface area contributed by atoms with Crippen molar-refractivity contribution in [3.8, 4) is 11.4 Å². The Hall–Kier alpha value is -4.11. The van der Waals surface area contributed by atoms with E-state index in [-0.39, 0.29) is 23.5 Å². The van der Waals surface area contributed by atoms with E-state index < -0.39 is 5.97 Å². The Morgan fingerprint density at radius 2 is 1.94 bits per heavy atom. The maximum Gasteiger partial charge on any atom is 0.341 e. The van der Waals surface area contributed by atoms with Crippen molar-refractivity contribution in [2.24, 2.45) is 0 Å². The normalized spacial score (nSPS) is 11.2. The molecule has 3 aromatic heterocycles. The maximum absolute atomic E-state index is 13.4. The quantitative estimate of drug-likeness (QED) is 0.349. The summed E-state index contributed by atoms with van der Waals surface area (Å²) >= 11 is 6.22. The molecule has 5 aromatic rings. The molecule has 0 N–H and O–H groups in total. The Kier molecular flexibility index (Phi) is 5.31. The zero-order chi connectivity index (χ0) is 22.9. The van der Waals surface area contributed by atoms with E-state index in [4.69, 9.17) is 25.5 Å². The average molecular weight is 465 g/mol. The van der Waals surface area contributed by atoms with Gasteiger partial charge in [-0.05, 0) is 55.5 Å². The van der Waals surface area contributed by atoms with E-state index in [0.29, 0.717) is 39.8 Å². The second-order valence-corrected chi connectivity index (χ2v) is 7.51. The van der Waals surface area contributed by atoms with Crippen LogP contribution in [-0.4, -0.2) is 31.7 Å². The molecule has 10 heteroatoms. The highest BCUT2D eigenvalue weighted by Crippen LogP contribution is 2.23. The van der Waals surface area contributed by atoms with Crippen molar-refractivity contribution in [2.75, 3.05) is 6.61 Å². The maximum atomic E-state index is 13.4. The molecule has 0 saturated carbocycles. The van der Waals surface area contributed by atoms with Crippen LogP contribution in [0.2, 0.25) is 5.02 Å². The van der Waals surface area contributed by atoms with Crippen LogP contribution in [0.4, 0.5) is 0 Å². The van der Waals surface area contributed by atoms with E-state index >= 15 is 0 Å². The van der Waals surface area contributed by atoms with Gasteiger partial charge in [-0.15, -0.1) is 10.2 Å². The largest absolute Gasteiger partial charge is 0.494 e. The fraction of sp³-hybridized carbons (Fsp3) is 0.130. The molecule has 9 nitrogen and oxygen atoms in total. The molecule has 0 amide bonds. The number of hydrogen-bond donors (Lipinski definition) is 0. The third-order valence-electron chi connectivity index (χ3n) is 5.04. The number of fused-ring (bicyclic) bond motifs is 3. The van der Waals surface area contributed by atoms with E-state index in [9.17, 15) is 9.59 Å². The Bertz CT molecular complexity index is 1520. The summed E-state index contributed by atoms with van der Waals surface area (Å²) in [6.45, 7) is 2.26. The highest BCUT2D eigenvalue weighted by Gasteiger charge is 2.19. The molecule has 0 unspecified atom stereocenters. The minimum Gasteiger partial charge on any atom is -0.494 e. The molecule has 0 aliphatic rings. The van der Waals surface area contributed by atoms with Gasteiger partial charge < -0.3 is 13.9 Å². The monoisotopic (exact) mass is 464 g/mol. The minimum absolute atomic E-state index is 0.172. The molecule has 33 heavy (non-hydrogen) atoms. The van der Waals surface area contributed by atoms with E-state index in [1.807, 2.05) is 6.92 Å². The molecular weight excluding hydrogens is 448 g/mol. The molecule has 0 radical (unpaired) electrons. The Morgan fingerprint density at radius 1 is 1.12 bits per heavy atom. The van der Waals surface area contributed by atoms with Gasteiger partial charge in [-0.1, -0.05) is 11.6 Å². The first-order valence-electron chi connectivity index (χ1n) is 10.1. The van der Waals surface area contributed by atoms with E-state index in [2.05, 4.69) is 10.2 Å². The number of halogens is 1. The number of carbonyl (C=O) groups excluding carboxylic acids is 1. The van der Waals surface area contributed by atoms with Gasteiger partial charge in [-0.3, -0.25) is 9.20 Å². The van der Waals surface area contributed by atoms with Gasteiger partial charge in [0.2, 0.25) is 5.78 Å². The Labute approximate surface area is 191 Å². The predicted molar refractivity (Wildman–Crippen MR) is 120 cm³/mol. The summed E-state index contributed by atoms with van der Waals surface area (Å²) in [4.78, 5) is 25.7. The zero-order valence-electron chi connectivity index (χ0n) is 17.4. The topological polar surface area (TPSA) is 101 Å². The van der Waals surface area contributed by atoms with Gasteiger partial charge in [-0.2, -0.15) is 0 Å². The first kappa shape index (κ1) is 20.8. The number of ether oxygens (including phenoxy) is 2. The summed E-state index contributed by atoms with van der Waals surface area (Å²) in [6, 6.07) is 13.5. The van der Waals surface area contributed by atoms with Gasteiger partial charge >= 0.3 is 5.97 Å². The third kappa shape index (κ3) is 3.72. The lowest BCUT2D eigenvalue weighted by Gasteiger charge is -2.12. The summed E-state index contributed by atoms with van der Waals surface area (Å²) in [5.74, 6) is 0.705. The van der Waals surface area contributed by atoms with E-state index in [1.54, 1.807) is 46.9 Å². The van der Waals surface area contributed by atoms with Gasteiger partial charge in [0, 0.05) is 5.02 Å². The molecule has 0 fully saturated rings. The van der Waals surface area contributed by atoms with Crippen LogP contribution in [-0.2, 0) is 11.3 Å². The molecule has 0 aliphatic heterocycles. The van der Waals surface area contributed by atoms with Crippen LogP contribution in [0.15, 0.2) is 70.3 Å². The fourth-order valence-electron chi connectivity index (χ4n) is 3.56. The number of hydrogen-bond acceptors (Lipinski definition) is 7. The molecule has 0 spiro atoms. The first-order chi connectivity index (χ1) is 16.1. The first-order valence-corrected chi connectivity index (χ1v) is 10.5. The van der Waals surface area contributed by atoms with Crippen molar-refractivity contribution in [1.82, 2.24) is 19.2 Å². The number of furan rings is 1. The fourth-order valence-corrected chi connectivity index (χ4v) is 3.73. The lowest BCUT2D eigenvalue weighted by molar-refractivity contribution is 0.0460. The van der Waals surface area contributed by atoms with Crippen LogP contribution in [0.25, 0.3) is 22.4 Å². The molecule has 3 heterocycles. The van der Waals surface area contributed by atoms with Crippen molar-refractivity contribution in [1.29, 1.82) is 0 Å². The van der Waals surface area contributed by atoms with Gasteiger partial charge in [0.15, 0.2) is 12.4 Å². The second kappa shape index (κ2) is 8.44. The molecule has 5 rings (SSSR count). The molecule has 0 saturated heterocycles. The number of benzene rings is 2. The SMILES string of the molecule is CCOc1ccc(-n2c(=O)c3ccc(Cl)cc3n3c(COC(=O)c4ccoc4)nnc23)cc1. The number of esters is 1. The van der Waals surface area contributed by atoms with Crippen molar-refractivity contribution in [3.05, 3.63) is 87.8 Å². The molecule has 2 aromatic carbocycles. The minimum atomic E-state index is -0.567. The molecule has 166 valence electrons. The molecule has 0 atom stereocenters. The van der Waals surface area contributed by atoms with Gasteiger partial charge in [-0.25, -0.2) is 9.36 Å². The summed E-state index contributed by atoms with van der Waals surface area (Å²) < 4.78 is 18.9. The summed E-state index contributed by atoms with van der Waals surface area (Å²) in [5, 5.41) is 9.26. The van der Waals surface area contributed by atoms with Gasteiger partial charge in [0.25, 0.3) is 5.56 Å². The lowest BCUT2D eigenvalue weighted by atomic mass is 10.2. The standard InChI is InChI=1S/C23H17ClN4O5/c1-2-32-17-6-4-16(5-7-17)27-21(29)18-8-3-15(24)11-19(18)28-20(25-26-23(27)28)13-33-22(30)14-9-10-31-12-14/h3-12H,2,13H2,1H3. The third-order valence-corrected chi connectivity index (χ3v) is 5.28. The Balaban J connectivity index is 1.66.